The van der Waals surface area contributed by atoms with E-state index in [-0.39, 0.29) is 66.0 Å². The van der Waals surface area contributed by atoms with Crippen LogP contribution in [0, 0.1) is 10.8 Å². The lowest BCUT2D eigenvalue weighted by atomic mass is 9.85. The van der Waals surface area contributed by atoms with Crippen molar-refractivity contribution < 1.29 is 38.4 Å². The molecule has 7 rings (SSSR count). The second kappa shape index (κ2) is 29.4. The van der Waals surface area contributed by atoms with Crippen LogP contribution in [0.3, 0.4) is 0 Å². The Kier molecular flexibility index (Phi) is 23.4. The Morgan fingerprint density at radius 1 is 0.590 bits per heavy atom. The number of rotatable bonds is 18. The average Bonchev–Trinajstić information content (AvgIpc) is 4.10. The van der Waals surface area contributed by atoms with Gasteiger partial charge in [-0.25, -0.2) is 0 Å². The molecule has 0 saturated carbocycles. The van der Waals surface area contributed by atoms with E-state index in [2.05, 4.69) is 78.9 Å². The van der Waals surface area contributed by atoms with Gasteiger partial charge in [-0.15, -0.1) is 0 Å². The Hall–Kier alpha value is -6.66. The van der Waals surface area contributed by atoms with E-state index in [1.54, 1.807) is 49.9 Å². The highest BCUT2D eigenvalue weighted by Gasteiger charge is 2.40. The zero-order valence-corrected chi connectivity index (χ0v) is 47.8. The molecule has 8 N–H and O–H groups in total. The second-order valence-electron chi connectivity index (χ2n) is 23.3. The maximum atomic E-state index is 13.5. The summed E-state index contributed by atoms with van der Waals surface area (Å²) >= 11 is 0. The van der Waals surface area contributed by atoms with Crippen molar-refractivity contribution in [1.29, 1.82) is 0 Å². The molecule has 2 aliphatic carbocycles. The minimum atomic E-state index is -0.698. The number of benzene rings is 3. The zero-order chi connectivity index (χ0) is 57.2. The fraction of sp³-hybridized carbons (Fsp3) is 0.567. The normalized spacial score (nSPS) is 20.2. The molecule has 8 amide bonds. The number of nitrogens with zero attached hydrogens (tertiary/aromatic N) is 2. The predicted molar refractivity (Wildman–Crippen MR) is 303 cm³/mol. The molecule has 18 heteroatoms. The van der Waals surface area contributed by atoms with Gasteiger partial charge in [0.15, 0.2) is 0 Å². The summed E-state index contributed by atoms with van der Waals surface area (Å²) in [5.41, 5.74) is 5.76. The van der Waals surface area contributed by atoms with Crippen molar-refractivity contribution in [3.05, 3.63) is 106 Å². The van der Waals surface area contributed by atoms with Gasteiger partial charge in [0.2, 0.25) is 42.4 Å². The summed E-state index contributed by atoms with van der Waals surface area (Å²) in [4.78, 5) is 102. The van der Waals surface area contributed by atoms with Crippen LogP contribution in [-0.2, 0) is 52.8 Å². The van der Waals surface area contributed by atoms with E-state index in [1.807, 2.05) is 65.8 Å². The molecule has 0 spiro atoms. The SMILES string of the molecule is CN[C@@H](C)C(=O)NC(C(=O)N1CC[C@H](NC(=O)CCc2ccc(C(=O)N[C@H]3CCN(C(=O)C(NC(=O)[C@H](C)NC)C(C)(C)C)C3)cc2)C1)C(C)(C)C.O=CNC1CCCc2ccccc21.O=CNC1CCCc2ccccc21. The van der Waals surface area contributed by atoms with Crippen molar-refractivity contribution in [1.82, 2.24) is 52.3 Å². The van der Waals surface area contributed by atoms with Crippen molar-refractivity contribution in [3.8, 4) is 0 Å². The quantitative estimate of drug-likeness (QED) is 0.0827. The second-order valence-corrected chi connectivity index (χ2v) is 23.3. The summed E-state index contributed by atoms with van der Waals surface area (Å²) in [6.45, 7) is 16.7. The molecule has 2 aliphatic heterocycles. The molecule has 78 heavy (non-hydrogen) atoms. The average molecular weight is 1080 g/mol. The number of amides is 8. The Labute approximate surface area is 462 Å². The smallest absolute Gasteiger partial charge is 0.251 e. The standard InChI is InChI=1S/C38H62N8O6.2C11H13NO/c1-23(39-9)32(48)43-30(37(3,4)5)35(51)45-19-17-27(21-45)41-29(47)16-13-25-11-14-26(15-12-25)34(50)42-28-18-20-46(22-28)36(52)31(38(6,7)8)44-33(49)24(2)40-10;2*13-8-12-11-7-3-5-9-4-1-2-6-10(9)11/h11-12,14-15,23-24,27-28,30-31,39-40H,13,16-22H2,1-10H3,(H,41,47)(H,42,50)(H,43,48)(H,44,49);2*1-2,4,6,8,11H,3,5,7H2,(H,12,13)/t23-,24-,27-,28-,30?,31?;;/m0../s1. The number of hydrogen-bond donors (Lipinski definition) is 8. The number of fused-ring (bicyclic) bond motifs is 2. The number of hydrogen-bond acceptors (Lipinski definition) is 10. The van der Waals surface area contributed by atoms with Crippen LogP contribution in [0.4, 0.5) is 0 Å². The van der Waals surface area contributed by atoms with Crippen LogP contribution in [0.1, 0.15) is 151 Å². The summed E-state index contributed by atoms with van der Waals surface area (Å²) < 4.78 is 0. The van der Waals surface area contributed by atoms with E-state index in [9.17, 15) is 38.4 Å². The summed E-state index contributed by atoms with van der Waals surface area (Å²) in [7, 11) is 3.38. The van der Waals surface area contributed by atoms with E-state index < -0.39 is 35.0 Å². The number of likely N-dealkylation sites (N-methyl/N-ethyl adjacent to an activating group) is 2. The predicted octanol–water partition coefficient (Wildman–Crippen LogP) is 4.56. The summed E-state index contributed by atoms with van der Waals surface area (Å²) in [6, 6.07) is 21.7. The molecule has 0 aromatic heterocycles. The molecule has 4 aliphatic rings. The fourth-order valence-corrected chi connectivity index (χ4v) is 10.3. The molecule has 2 saturated heterocycles. The molecule has 2 fully saturated rings. The van der Waals surface area contributed by atoms with E-state index in [0.717, 1.165) is 44.1 Å². The number of nitrogens with one attached hydrogen (secondary N) is 8. The molecule has 2 heterocycles. The van der Waals surface area contributed by atoms with Crippen LogP contribution in [0.5, 0.6) is 0 Å². The maximum Gasteiger partial charge on any atom is 0.251 e. The van der Waals surface area contributed by atoms with Crippen LogP contribution in [0.25, 0.3) is 0 Å². The molecule has 4 unspecified atom stereocenters. The minimum absolute atomic E-state index is 0.116. The van der Waals surface area contributed by atoms with Gasteiger partial charge in [-0.05, 0) is 137 Å². The highest BCUT2D eigenvalue weighted by Crippen LogP contribution is 2.30. The summed E-state index contributed by atoms with van der Waals surface area (Å²) in [5, 5.41) is 23.4. The van der Waals surface area contributed by atoms with E-state index in [1.165, 1.54) is 35.1 Å². The first-order chi connectivity index (χ1) is 37.1. The highest BCUT2D eigenvalue weighted by atomic mass is 16.2. The molecular formula is C60H88N10O8. The summed E-state index contributed by atoms with van der Waals surface area (Å²) in [6.07, 6.45) is 10.3. The first-order valence-electron chi connectivity index (χ1n) is 27.8. The lowest BCUT2D eigenvalue weighted by Crippen LogP contribution is -2.57. The van der Waals surface area contributed by atoms with Crippen molar-refractivity contribution in [3.63, 3.8) is 0 Å². The monoisotopic (exact) mass is 1080 g/mol. The molecule has 0 bridgehead atoms. The van der Waals surface area contributed by atoms with Gasteiger partial charge in [-0.3, -0.25) is 38.4 Å². The maximum absolute atomic E-state index is 13.5. The molecule has 8 atom stereocenters. The topological polar surface area (TPSA) is 239 Å². The van der Waals surface area contributed by atoms with Gasteiger partial charge in [0, 0.05) is 50.2 Å². The Bertz CT molecular complexity index is 2440. The third-order valence-electron chi connectivity index (χ3n) is 15.3. The van der Waals surface area contributed by atoms with E-state index >= 15 is 0 Å². The number of carbonyl (C=O) groups excluding carboxylic acids is 8. The van der Waals surface area contributed by atoms with E-state index in [4.69, 9.17) is 0 Å². The van der Waals surface area contributed by atoms with Gasteiger partial charge < -0.3 is 52.3 Å². The highest BCUT2D eigenvalue weighted by molar-refractivity contribution is 5.95. The van der Waals surface area contributed by atoms with Gasteiger partial charge >= 0.3 is 0 Å². The van der Waals surface area contributed by atoms with Crippen molar-refractivity contribution in [2.24, 2.45) is 10.8 Å². The number of likely N-dealkylation sites (tertiary alicyclic amines) is 2. The first kappa shape index (κ1) is 62.2. The molecule has 3 aromatic rings. The zero-order valence-electron chi connectivity index (χ0n) is 47.8. The lowest BCUT2D eigenvalue weighted by Gasteiger charge is -2.34. The molecule has 18 nitrogen and oxygen atoms in total. The molecule has 426 valence electrons. The van der Waals surface area contributed by atoms with Crippen molar-refractivity contribution in [2.75, 3.05) is 40.3 Å². The Morgan fingerprint density at radius 3 is 1.42 bits per heavy atom. The van der Waals surface area contributed by atoms with Gasteiger partial charge in [0.25, 0.3) is 5.91 Å². The van der Waals surface area contributed by atoms with Gasteiger partial charge in [-0.1, -0.05) is 102 Å². The minimum Gasteiger partial charge on any atom is -0.352 e. The molecule has 3 aromatic carbocycles. The molecule has 0 radical (unpaired) electrons. The third kappa shape index (κ3) is 17.9. The van der Waals surface area contributed by atoms with Crippen molar-refractivity contribution >= 4 is 48.3 Å². The lowest BCUT2D eigenvalue weighted by molar-refractivity contribution is -0.139. The van der Waals surface area contributed by atoms with E-state index in [0.29, 0.717) is 51.0 Å². The van der Waals surface area contributed by atoms with Crippen LogP contribution in [0.15, 0.2) is 72.8 Å². The van der Waals surface area contributed by atoms with Crippen LogP contribution >= 0.6 is 0 Å². The largest absolute Gasteiger partial charge is 0.352 e. The van der Waals surface area contributed by atoms with Gasteiger partial charge in [-0.2, -0.15) is 0 Å². The summed E-state index contributed by atoms with van der Waals surface area (Å²) in [5.74, 6) is -1.16. The fourth-order valence-electron chi connectivity index (χ4n) is 10.3. The third-order valence-corrected chi connectivity index (χ3v) is 15.3. The molecular weight excluding hydrogens is 989 g/mol. The van der Waals surface area contributed by atoms with Crippen molar-refractivity contribution in [2.45, 2.75) is 168 Å². The number of carbonyl (C=O) groups is 8. The number of aryl methyl sites for hydroxylation is 3. The van der Waals surface area contributed by atoms with Crippen LogP contribution in [-0.4, -0.2) is 135 Å². The first-order valence-corrected chi connectivity index (χ1v) is 27.8. The van der Waals surface area contributed by atoms with Gasteiger partial charge in [0.05, 0.1) is 24.2 Å². The van der Waals surface area contributed by atoms with Crippen LogP contribution < -0.4 is 42.5 Å². The Balaban J connectivity index is 0.000000343. The Morgan fingerprint density at radius 2 is 1.01 bits per heavy atom. The van der Waals surface area contributed by atoms with Crippen LogP contribution in [0.2, 0.25) is 0 Å². The van der Waals surface area contributed by atoms with Gasteiger partial charge in [0.1, 0.15) is 12.1 Å².